The summed E-state index contributed by atoms with van der Waals surface area (Å²) in [4.78, 5) is 6.04. The Balaban J connectivity index is 0. The highest BCUT2D eigenvalue weighted by atomic mass is 16.5. The van der Waals surface area contributed by atoms with Crippen LogP contribution in [0.4, 0.5) is 0 Å². The predicted molar refractivity (Wildman–Crippen MR) is 141 cm³/mol. The first kappa shape index (κ1) is 33.6. The van der Waals surface area contributed by atoms with Gasteiger partial charge in [-0.05, 0) is 65.7 Å². The monoisotopic (exact) mass is 474 g/mol. The van der Waals surface area contributed by atoms with Crippen LogP contribution in [0.3, 0.4) is 0 Å². The molecule has 33 heavy (non-hydrogen) atoms. The van der Waals surface area contributed by atoms with Crippen molar-refractivity contribution >= 4 is 12.0 Å². The molecule has 8 heteroatoms. The van der Waals surface area contributed by atoms with Crippen molar-refractivity contribution in [1.29, 1.82) is 0 Å². The van der Waals surface area contributed by atoms with Gasteiger partial charge in [0.2, 0.25) is 0 Å². The van der Waals surface area contributed by atoms with Crippen molar-refractivity contribution in [3.63, 3.8) is 0 Å². The minimum Gasteiger partial charge on any atom is -0.435 e. The number of nitrogens with one attached hydrogen (secondary N) is 4. The molecule has 0 amide bonds. The average Bonchev–Trinajstić information content (AvgIpc) is 2.83. The van der Waals surface area contributed by atoms with Crippen molar-refractivity contribution in [2.24, 2.45) is 11.5 Å². The van der Waals surface area contributed by atoms with Gasteiger partial charge in [-0.15, -0.1) is 0 Å². The van der Waals surface area contributed by atoms with E-state index in [2.05, 4.69) is 20.6 Å². The van der Waals surface area contributed by atoms with Crippen LogP contribution in [0.5, 0.6) is 0 Å². The van der Waals surface area contributed by atoms with E-state index in [1.807, 2.05) is 14.1 Å². The largest absolute Gasteiger partial charge is 0.439 e. The van der Waals surface area contributed by atoms with Crippen LogP contribution in [-0.4, -0.2) is 66.5 Å². The fourth-order valence-electron chi connectivity index (χ4n) is 3.37. The van der Waals surface area contributed by atoms with Crippen molar-refractivity contribution in [1.82, 2.24) is 10.6 Å². The lowest BCUT2D eigenvalue weighted by Gasteiger charge is -2.01. The summed E-state index contributed by atoms with van der Waals surface area (Å²) in [5, 5.41) is 6.35. The number of amidine groups is 2. The van der Waals surface area contributed by atoms with Crippen molar-refractivity contribution in [2.45, 2.75) is 96.3 Å². The maximum Gasteiger partial charge on any atom is 0.439 e. The molecule has 0 aromatic rings. The molecule has 0 saturated heterocycles. The van der Waals surface area contributed by atoms with E-state index in [0.29, 0.717) is 12.0 Å². The zero-order valence-corrected chi connectivity index (χ0v) is 22.4. The van der Waals surface area contributed by atoms with Crippen LogP contribution in [0, 0.1) is 0 Å². The number of nitrogens with two attached hydrogens (primary N) is 2. The molecule has 0 fully saturated rings. The summed E-state index contributed by atoms with van der Waals surface area (Å²) in [6.07, 6.45) is 19.7. The quantitative estimate of drug-likeness (QED) is 0.0811. The molecular weight excluding hydrogens is 416 g/mol. The molecule has 0 spiro atoms. The summed E-state index contributed by atoms with van der Waals surface area (Å²) in [6.45, 7) is 4.14. The fourth-order valence-corrected chi connectivity index (χ4v) is 3.37. The maximum atomic E-state index is 5.47. The van der Waals surface area contributed by atoms with Gasteiger partial charge in [-0.1, -0.05) is 57.8 Å². The number of rotatable bonds is 21. The Morgan fingerprint density at radius 3 is 1.06 bits per heavy atom. The number of unbranched alkanes of at least 4 members (excludes halogenated alkanes) is 13. The van der Waals surface area contributed by atoms with Gasteiger partial charge in [-0.2, -0.15) is 0 Å². The lowest BCUT2D eigenvalue weighted by Crippen LogP contribution is -2.76. The minimum atomic E-state index is 0.423. The van der Waals surface area contributed by atoms with E-state index in [9.17, 15) is 0 Å². The second-order valence-corrected chi connectivity index (χ2v) is 8.50. The van der Waals surface area contributed by atoms with Gasteiger partial charge in [0.05, 0.1) is 27.3 Å². The smallest absolute Gasteiger partial charge is 0.435 e. The zero-order valence-electron chi connectivity index (χ0n) is 22.4. The van der Waals surface area contributed by atoms with E-state index in [0.717, 1.165) is 26.2 Å². The van der Waals surface area contributed by atoms with Crippen LogP contribution in [0.15, 0.2) is 0 Å². The molecule has 8 nitrogen and oxygen atoms in total. The molecule has 0 atom stereocenters. The summed E-state index contributed by atoms with van der Waals surface area (Å²) >= 11 is 0. The third kappa shape index (κ3) is 32.7. The maximum absolute atomic E-state index is 5.47. The van der Waals surface area contributed by atoms with E-state index in [1.165, 1.54) is 96.3 Å². The van der Waals surface area contributed by atoms with E-state index in [4.69, 9.17) is 20.9 Å². The molecule has 0 aliphatic carbocycles. The molecule has 198 valence electrons. The molecule has 0 heterocycles. The van der Waals surface area contributed by atoms with E-state index in [-0.39, 0.29) is 0 Å². The normalized spacial score (nSPS) is 11.8. The van der Waals surface area contributed by atoms with E-state index >= 15 is 0 Å². The minimum absolute atomic E-state index is 0.423. The van der Waals surface area contributed by atoms with Gasteiger partial charge in [0.1, 0.15) is 0 Å². The Bertz CT molecular complexity index is 433. The van der Waals surface area contributed by atoms with Crippen LogP contribution >= 0.6 is 0 Å². The van der Waals surface area contributed by atoms with Crippen LogP contribution in [0.2, 0.25) is 0 Å². The van der Waals surface area contributed by atoms with E-state index < -0.39 is 0 Å². The van der Waals surface area contributed by atoms with Crippen LogP contribution in [-0.2, 0) is 9.47 Å². The van der Waals surface area contributed by atoms with Crippen molar-refractivity contribution in [3.8, 4) is 0 Å². The Hall–Kier alpha value is -1.54. The van der Waals surface area contributed by atoms with Gasteiger partial charge in [-0.25, -0.2) is 9.98 Å². The van der Waals surface area contributed by atoms with Gasteiger partial charge in [0.15, 0.2) is 0 Å². The first-order valence-electron chi connectivity index (χ1n) is 13.2. The first-order chi connectivity index (χ1) is 16.1. The fraction of sp³-hybridized carbons (Fsp3) is 0.920. The molecule has 0 rings (SSSR count). The third-order valence-electron chi connectivity index (χ3n) is 5.50. The van der Waals surface area contributed by atoms with Crippen LogP contribution in [0.25, 0.3) is 0 Å². The van der Waals surface area contributed by atoms with Crippen molar-refractivity contribution in [2.75, 3.05) is 54.5 Å². The number of methoxy groups -OCH3 is 2. The summed E-state index contributed by atoms with van der Waals surface area (Å²) in [6, 6.07) is 0.849. The molecule has 0 aliphatic heterocycles. The van der Waals surface area contributed by atoms with Crippen LogP contribution < -0.4 is 32.1 Å². The SMILES string of the molecule is CNCCCCCCCCCC[NH+]=C(N)OC.CNCCCCCCCCC[NH+]=C(N)OC. The molecular formula is C25H58N6O2+2. The average molecular weight is 475 g/mol. The lowest BCUT2D eigenvalue weighted by molar-refractivity contribution is -0.469. The van der Waals surface area contributed by atoms with Crippen molar-refractivity contribution < 1.29 is 19.5 Å². The predicted octanol–water partition coefficient (Wildman–Crippen LogP) is 0.347. The lowest BCUT2D eigenvalue weighted by atomic mass is 10.1. The summed E-state index contributed by atoms with van der Waals surface area (Å²) in [5.74, 6) is 0. The highest BCUT2D eigenvalue weighted by Crippen LogP contribution is 2.07. The second kappa shape index (κ2) is 30.5. The topological polar surface area (TPSA) is 122 Å². The Labute approximate surface area is 204 Å². The zero-order chi connectivity index (χ0) is 24.8. The molecule has 0 radical (unpaired) electrons. The molecule has 0 aromatic carbocycles. The molecule has 0 unspecified atom stereocenters. The molecule has 0 aliphatic rings. The van der Waals surface area contributed by atoms with Gasteiger partial charge in [0, 0.05) is 0 Å². The second-order valence-electron chi connectivity index (χ2n) is 8.50. The summed E-state index contributed by atoms with van der Waals surface area (Å²) in [7, 11) is 7.18. The molecule has 8 N–H and O–H groups in total. The van der Waals surface area contributed by atoms with Gasteiger partial charge in [-0.3, -0.25) is 11.5 Å². The standard InChI is InChI=1S/C13H29N3O.C12H27N3O/c1-15-11-9-7-5-3-4-6-8-10-12-16-13(14)17-2;1-14-10-8-6-4-3-5-7-9-11-15-12(13)16-2/h15H,3-12H2,1-2H3,(H2,14,16);14H,3-11H2,1-2H3,(H2,13,15)/p+2. The number of ether oxygens (including phenoxy) is 2. The molecule has 0 aromatic heterocycles. The number of hydrogen-bond donors (Lipinski definition) is 6. The van der Waals surface area contributed by atoms with Gasteiger partial charge >= 0.3 is 12.0 Å². The molecule has 0 bridgehead atoms. The van der Waals surface area contributed by atoms with Crippen LogP contribution in [0.1, 0.15) is 96.3 Å². The number of hydrogen-bond acceptors (Lipinski definition) is 4. The summed E-state index contributed by atoms with van der Waals surface area (Å²) in [5.41, 5.74) is 10.9. The van der Waals surface area contributed by atoms with Gasteiger partial charge < -0.3 is 20.1 Å². The Kier molecular flexibility index (Phi) is 31.0. The Morgan fingerprint density at radius 1 is 0.515 bits per heavy atom. The van der Waals surface area contributed by atoms with Gasteiger partial charge in [0.25, 0.3) is 0 Å². The van der Waals surface area contributed by atoms with Crippen molar-refractivity contribution in [3.05, 3.63) is 0 Å². The molecule has 0 saturated carbocycles. The third-order valence-corrected chi connectivity index (χ3v) is 5.50. The Morgan fingerprint density at radius 2 is 0.788 bits per heavy atom. The highest BCUT2D eigenvalue weighted by molar-refractivity contribution is 5.64. The van der Waals surface area contributed by atoms with E-state index in [1.54, 1.807) is 14.2 Å². The highest BCUT2D eigenvalue weighted by Gasteiger charge is 1.96. The summed E-state index contributed by atoms with van der Waals surface area (Å²) < 4.78 is 9.63. The first-order valence-corrected chi connectivity index (χ1v) is 13.2.